The molecule has 2 aromatic carbocycles. The van der Waals surface area contributed by atoms with Gasteiger partial charge in [-0.15, -0.1) is 11.3 Å². The minimum Gasteiger partial charge on any atom is -0.494 e. The van der Waals surface area contributed by atoms with E-state index < -0.39 is 33.3 Å². The fraction of sp³-hybridized carbons (Fsp3) is 0. The molecule has 0 aliphatic carbocycles. The monoisotopic (exact) mass is 459 g/mol. The van der Waals surface area contributed by atoms with E-state index in [1.807, 2.05) is 4.72 Å². The van der Waals surface area contributed by atoms with Gasteiger partial charge in [0.1, 0.15) is 10.0 Å². The quantitative estimate of drug-likeness (QED) is 0.432. The van der Waals surface area contributed by atoms with E-state index in [4.69, 9.17) is 0 Å². The highest BCUT2D eigenvalue weighted by molar-refractivity contribution is 7.92. The summed E-state index contributed by atoms with van der Waals surface area (Å²) in [4.78, 5) is 24.5. The van der Waals surface area contributed by atoms with E-state index in [0.717, 1.165) is 22.0 Å². The van der Waals surface area contributed by atoms with Crippen LogP contribution in [0.1, 0.15) is 0 Å². The Morgan fingerprint density at radius 1 is 1.06 bits per heavy atom. The predicted molar refractivity (Wildman–Crippen MR) is 115 cm³/mol. The number of sulfonamides is 1. The summed E-state index contributed by atoms with van der Waals surface area (Å²) in [7, 11) is -4.05. The van der Waals surface area contributed by atoms with E-state index in [0.29, 0.717) is 10.8 Å². The molecule has 0 fully saturated rings. The van der Waals surface area contributed by atoms with Gasteiger partial charge in [0.2, 0.25) is 5.88 Å². The van der Waals surface area contributed by atoms with Crippen LogP contribution in [0.2, 0.25) is 0 Å². The average Bonchev–Trinajstić information content (AvgIpc) is 3.25. The summed E-state index contributed by atoms with van der Waals surface area (Å²) in [6.45, 7) is 0. The Hall–Kier alpha value is -3.70. The van der Waals surface area contributed by atoms with Crippen molar-refractivity contribution in [3.8, 4) is 11.6 Å². The second-order valence-electron chi connectivity index (χ2n) is 6.39. The molecule has 0 spiro atoms. The number of rotatable bonds is 4. The lowest BCUT2D eigenvalue weighted by molar-refractivity contribution is 0.256. The fourth-order valence-corrected chi connectivity index (χ4v) is 4.89. The van der Waals surface area contributed by atoms with Gasteiger partial charge in [-0.1, -0.05) is 24.3 Å². The van der Waals surface area contributed by atoms with Crippen LogP contribution >= 0.6 is 11.3 Å². The van der Waals surface area contributed by atoms with Crippen molar-refractivity contribution in [3.05, 3.63) is 82.2 Å². The van der Waals surface area contributed by atoms with Gasteiger partial charge in [-0.3, -0.25) is 4.79 Å². The second-order valence-corrected chi connectivity index (χ2v) is 9.24. The van der Waals surface area contributed by atoms with Crippen LogP contribution in [0.5, 0.6) is 5.88 Å². The molecule has 11 heteroatoms. The van der Waals surface area contributed by atoms with Crippen molar-refractivity contribution in [2.24, 2.45) is 0 Å². The Bertz CT molecular complexity index is 1460. The number of fused-ring (bicyclic) bond motifs is 1. The third-order valence-electron chi connectivity index (χ3n) is 4.35. The minimum absolute atomic E-state index is 0.0460. The molecule has 0 saturated heterocycles. The molecule has 0 aliphatic rings. The number of aromatic nitrogens is 1. The Morgan fingerprint density at radius 2 is 1.84 bits per heavy atom. The van der Waals surface area contributed by atoms with E-state index in [9.17, 15) is 27.5 Å². The van der Waals surface area contributed by atoms with Gasteiger partial charge < -0.3 is 10.4 Å². The first-order chi connectivity index (χ1) is 14.8. The highest BCUT2D eigenvalue weighted by Crippen LogP contribution is 2.27. The smallest absolute Gasteiger partial charge is 0.333 e. The maximum Gasteiger partial charge on any atom is 0.333 e. The Kier molecular flexibility index (Phi) is 5.21. The largest absolute Gasteiger partial charge is 0.494 e. The number of thiophene rings is 1. The molecule has 2 amide bonds. The fourth-order valence-electron chi connectivity index (χ4n) is 2.99. The number of amides is 2. The van der Waals surface area contributed by atoms with Crippen molar-refractivity contribution in [3.63, 3.8) is 0 Å². The summed E-state index contributed by atoms with van der Waals surface area (Å²) < 4.78 is 41.5. The van der Waals surface area contributed by atoms with Crippen molar-refractivity contribution in [2.75, 3.05) is 5.32 Å². The summed E-state index contributed by atoms with van der Waals surface area (Å²) in [6.07, 6.45) is 0. The first-order valence-corrected chi connectivity index (χ1v) is 11.1. The maximum absolute atomic E-state index is 14.7. The molecule has 158 valence electrons. The van der Waals surface area contributed by atoms with Gasteiger partial charge in [-0.2, -0.15) is 0 Å². The lowest BCUT2D eigenvalue weighted by Crippen LogP contribution is -2.34. The number of urea groups is 1. The summed E-state index contributed by atoms with van der Waals surface area (Å²) in [6, 6.07) is 13.0. The number of aromatic hydroxyl groups is 1. The third kappa shape index (κ3) is 4.00. The van der Waals surface area contributed by atoms with Crippen molar-refractivity contribution in [1.82, 2.24) is 9.29 Å². The number of nitrogens with one attached hydrogen (secondary N) is 2. The van der Waals surface area contributed by atoms with Crippen LogP contribution in [0.4, 0.5) is 14.9 Å². The number of benzene rings is 2. The molecule has 3 N–H and O–H groups in total. The van der Waals surface area contributed by atoms with Gasteiger partial charge in [0.25, 0.3) is 15.6 Å². The van der Waals surface area contributed by atoms with Gasteiger partial charge in [-0.25, -0.2) is 26.9 Å². The van der Waals surface area contributed by atoms with Crippen LogP contribution in [0.3, 0.4) is 0 Å². The molecule has 0 bridgehead atoms. The molecule has 31 heavy (non-hydrogen) atoms. The van der Waals surface area contributed by atoms with Crippen LogP contribution in [-0.4, -0.2) is 24.1 Å². The molecule has 4 aromatic rings. The van der Waals surface area contributed by atoms with Crippen LogP contribution in [0.15, 0.2) is 75.0 Å². The Balaban J connectivity index is 1.62. The second kappa shape index (κ2) is 7.85. The number of hydrogen-bond acceptors (Lipinski definition) is 6. The SMILES string of the molecule is O=C(Nc1ccc(-n2c(O)c3ccccc3cc2=O)c(F)c1)NS(=O)(=O)c1cccs1. The van der Waals surface area contributed by atoms with Gasteiger partial charge in [0.15, 0.2) is 0 Å². The average molecular weight is 459 g/mol. The van der Waals surface area contributed by atoms with Crippen molar-refractivity contribution >= 4 is 43.9 Å². The number of anilines is 1. The first kappa shape index (κ1) is 20.6. The van der Waals surface area contributed by atoms with Gasteiger partial charge >= 0.3 is 6.03 Å². The van der Waals surface area contributed by atoms with Crippen LogP contribution < -0.4 is 15.6 Å². The van der Waals surface area contributed by atoms with Crippen molar-refractivity contribution in [2.45, 2.75) is 4.21 Å². The normalized spacial score (nSPS) is 11.4. The third-order valence-corrected chi connectivity index (χ3v) is 7.07. The zero-order valence-electron chi connectivity index (χ0n) is 15.6. The highest BCUT2D eigenvalue weighted by atomic mass is 32.2. The van der Waals surface area contributed by atoms with E-state index in [-0.39, 0.29) is 15.6 Å². The van der Waals surface area contributed by atoms with E-state index in [1.165, 1.54) is 30.3 Å². The molecule has 0 radical (unpaired) electrons. The zero-order chi connectivity index (χ0) is 22.2. The van der Waals surface area contributed by atoms with E-state index in [2.05, 4.69) is 5.32 Å². The van der Waals surface area contributed by atoms with E-state index >= 15 is 0 Å². The van der Waals surface area contributed by atoms with Crippen LogP contribution in [-0.2, 0) is 10.0 Å². The standard InChI is InChI=1S/C20H14FN3O5S2/c21-15-11-13(22-20(27)23-31(28,29)18-6-3-9-30-18)7-8-16(15)24-17(25)10-12-4-1-2-5-14(12)19(24)26/h1-11,26H,(H2,22,23,27). The number of carbonyl (C=O) groups excluding carboxylic acids is 1. The summed E-state index contributed by atoms with van der Waals surface area (Å²) in [5, 5.41) is 15.1. The first-order valence-electron chi connectivity index (χ1n) is 8.77. The van der Waals surface area contributed by atoms with Crippen molar-refractivity contribution in [1.29, 1.82) is 0 Å². The van der Waals surface area contributed by atoms with Gasteiger partial charge in [-0.05, 0) is 41.1 Å². The number of pyridine rings is 1. The molecule has 0 saturated carbocycles. The zero-order valence-corrected chi connectivity index (χ0v) is 17.2. The highest BCUT2D eigenvalue weighted by Gasteiger charge is 2.19. The lowest BCUT2D eigenvalue weighted by Gasteiger charge is -2.13. The summed E-state index contributed by atoms with van der Waals surface area (Å²) >= 11 is 0.937. The summed E-state index contributed by atoms with van der Waals surface area (Å²) in [5.41, 5.74) is -0.922. The molecule has 0 atom stereocenters. The number of hydrogen-bond donors (Lipinski definition) is 3. The van der Waals surface area contributed by atoms with E-state index in [1.54, 1.807) is 29.6 Å². The molecular weight excluding hydrogens is 445 g/mol. The number of carbonyl (C=O) groups is 1. The topological polar surface area (TPSA) is 118 Å². The molecular formula is C20H14FN3O5S2. The van der Waals surface area contributed by atoms with Gasteiger partial charge in [0, 0.05) is 17.1 Å². The molecule has 2 aromatic heterocycles. The lowest BCUT2D eigenvalue weighted by atomic mass is 10.1. The molecule has 0 unspecified atom stereocenters. The minimum atomic E-state index is -4.05. The molecule has 0 aliphatic heterocycles. The Labute approximate surface area is 179 Å². The van der Waals surface area contributed by atoms with Gasteiger partial charge in [0.05, 0.1) is 5.69 Å². The molecule has 8 nitrogen and oxygen atoms in total. The van der Waals surface area contributed by atoms with Crippen LogP contribution in [0.25, 0.3) is 16.5 Å². The van der Waals surface area contributed by atoms with Crippen molar-refractivity contribution < 1.29 is 22.7 Å². The molecule has 4 rings (SSSR count). The van der Waals surface area contributed by atoms with Crippen LogP contribution in [0, 0.1) is 5.82 Å². The number of halogens is 1. The maximum atomic E-state index is 14.7. The predicted octanol–water partition coefficient (Wildman–Crippen LogP) is 3.41. The molecule has 2 heterocycles. The summed E-state index contributed by atoms with van der Waals surface area (Å²) in [5.74, 6) is -1.34. The number of nitrogens with zero attached hydrogens (tertiary/aromatic N) is 1. The Morgan fingerprint density at radius 3 is 2.55 bits per heavy atom.